The Bertz CT molecular complexity index is 1020. The van der Waals surface area contributed by atoms with Crippen LogP contribution in [0.2, 0.25) is 5.02 Å². The van der Waals surface area contributed by atoms with Crippen LogP contribution in [0.3, 0.4) is 0 Å². The quantitative estimate of drug-likeness (QED) is 0.641. The van der Waals surface area contributed by atoms with Crippen molar-refractivity contribution in [2.24, 2.45) is 0 Å². The van der Waals surface area contributed by atoms with E-state index in [0.717, 1.165) is 21.8 Å². The summed E-state index contributed by atoms with van der Waals surface area (Å²) < 4.78 is 11.0. The van der Waals surface area contributed by atoms with E-state index < -0.39 is 0 Å². The second-order valence-electron chi connectivity index (χ2n) is 5.94. The fourth-order valence-corrected chi connectivity index (χ4v) is 3.68. The molecule has 1 N–H and O–H groups in total. The predicted octanol–water partition coefficient (Wildman–Crippen LogP) is 3.96. The maximum absolute atomic E-state index is 12.1. The molecular weight excluding hydrogens is 398 g/mol. The molecule has 0 saturated heterocycles. The second kappa shape index (κ2) is 8.41. The third-order valence-electron chi connectivity index (χ3n) is 3.99. The molecule has 8 heteroatoms. The van der Waals surface area contributed by atoms with Gasteiger partial charge in [-0.1, -0.05) is 11.6 Å². The Morgan fingerprint density at radius 1 is 1.25 bits per heavy atom. The van der Waals surface area contributed by atoms with Crippen LogP contribution in [0, 0.1) is 0 Å². The summed E-state index contributed by atoms with van der Waals surface area (Å²) in [6.07, 6.45) is 6.60. The first-order valence-electron chi connectivity index (χ1n) is 8.59. The highest BCUT2D eigenvalue weighted by molar-refractivity contribution is 7.09. The summed E-state index contributed by atoms with van der Waals surface area (Å²) in [6.45, 7) is 1.32. The molecule has 2 aromatic heterocycles. The highest BCUT2D eigenvalue weighted by Crippen LogP contribution is 2.38. The first-order chi connectivity index (χ1) is 13.7. The van der Waals surface area contributed by atoms with Crippen molar-refractivity contribution in [2.75, 3.05) is 13.2 Å². The Labute approximate surface area is 170 Å². The van der Waals surface area contributed by atoms with Crippen LogP contribution >= 0.6 is 22.9 Å². The van der Waals surface area contributed by atoms with E-state index in [1.807, 2.05) is 17.5 Å². The number of fused-ring (bicyclic) bond motifs is 1. The number of pyridine rings is 1. The number of aromatic nitrogens is 2. The highest BCUT2D eigenvalue weighted by atomic mass is 35.5. The molecule has 0 atom stereocenters. The minimum atomic E-state index is -0.216. The third kappa shape index (κ3) is 4.32. The maximum atomic E-state index is 12.1. The van der Waals surface area contributed by atoms with Crippen molar-refractivity contribution in [3.8, 4) is 22.8 Å². The molecule has 1 aromatic carbocycles. The van der Waals surface area contributed by atoms with Crippen molar-refractivity contribution in [1.29, 1.82) is 0 Å². The topological polar surface area (TPSA) is 73.3 Å². The summed E-state index contributed by atoms with van der Waals surface area (Å²) in [5.74, 6) is 0.917. The first-order valence-corrected chi connectivity index (χ1v) is 9.84. The number of nitrogens with one attached hydrogen (secondary N) is 1. The Morgan fingerprint density at radius 2 is 2.07 bits per heavy atom. The summed E-state index contributed by atoms with van der Waals surface area (Å²) in [7, 11) is 0. The number of thiazole rings is 1. The van der Waals surface area contributed by atoms with Gasteiger partial charge in [-0.05, 0) is 35.9 Å². The summed E-state index contributed by atoms with van der Waals surface area (Å²) in [4.78, 5) is 20.7. The van der Waals surface area contributed by atoms with Gasteiger partial charge in [0, 0.05) is 29.4 Å². The molecule has 0 fully saturated rings. The average Bonchev–Trinajstić information content (AvgIpc) is 3.21. The number of benzene rings is 1. The zero-order chi connectivity index (χ0) is 19.3. The summed E-state index contributed by atoms with van der Waals surface area (Å²) in [5.41, 5.74) is 2.64. The summed E-state index contributed by atoms with van der Waals surface area (Å²) in [5, 5.41) is 6.09. The molecule has 1 amide bonds. The van der Waals surface area contributed by atoms with E-state index >= 15 is 0 Å². The number of carbonyl (C=O) groups excluding carboxylic acids is 1. The van der Waals surface area contributed by atoms with E-state index in [1.165, 1.54) is 17.4 Å². The predicted molar refractivity (Wildman–Crippen MR) is 109 cm³/mol. The molecule has 1 aliphatic heterocycles. The van der Waals surface area contributed by atoms with Crippen molar-refractivity contribution in [3.05, 3.63) is 63.7 Å². The zero-order valence-corrected chi connectivity index (χ0v) is 16.3. The second-order valence-corrected chi connectivity index (χ2v) is 7.29. The lowest BCUT2D eigenvalue weighted by Gasteiger charge is -2.19. The van der Waals surface area contributed by atoms with Gasteiger partial charge in [-0.2, -0.15) is 0 Å². The molecular formula is C20H16ClN3O3S. The van der Waals surface area contributed by atoms with Crippen molar-refractivity contribution >= 4 is 34.9 Å². The van der Waals surface area contributed by atoms with Gasteiger partial charge in [-0.3, -0.25) is 9.78 Å². The van der Waals surface area contributed by atoms with Gasteiger partial charge in [-0.15, -0.1) is 11.3 Å². The fourth-order valence-electron chi connectivity index (χ4n) is 2.67. The van der Waals surface area contributed by atoms with E-state index in [9.17, 15) is 4.79 Å². The summed E-state index contributed by atoms with van der Waals surface area (Å²) >= 11 is 7.71. The van der Waals surface area contributed by atoms with Crippen LogP contribution in [-0.2, 0) is 11.3 Å². The zero-order valence-electron chi connectivity index (χ0n) is 14.7. The Hall–Kier alpha value is -2.90. The molecule has 0 spiro atoms. The van der Waals surface area contributed by atoms with Gasteiger partial charge in [0.1, 0.15) is 18.2 Å². The number of hydrogen-bond acceptors (Lipinski definition) is 6. The molecule has 4 rings (SSSR count). The molecule has 0 bridgehead atoms. The molecule has 3 aromatic rings. The molecule has 0 radical (unpaired) electrons. The molecule has 142 valence electrons. The Morgan fingerprint density at radius 3 is 2.93 bits per heavy atom. The van der Waals surface area contributed by atoms with Crippen LogP contribution < -0.4 is 14.8 Å². The lowest BCUT2D eigenvalue weighted by Crippen LogP contribution is -2.20. The van der Waals surface area contributed by atoms with E-state index in [0.29, 0.717) is 36.3 Å². The SMILES string of the molecule is O=C(/C=C/c1cc(Cl)c2c(c1)OCCO2)NCc1nc(-c2ccncc2)cs1. The van der Waals surface area contributed by atoms with E-state index in [-0.39, 0.29) is 5.91 Å². The molecule has 0 aliphatic carbocycles. The van der Waals surface area contributed by atoms with Gasteiger partial charge >= 0.3 is 0 Å². The van der Waals surface area contributed by atoms with Gasteiger partial charge in [-0.25, -0.2) is 4.98 Å². The van der Waals surface area contributed by atoms with Crippen LogP contribution in [-0.4, -0.2) is 29.1 Å². The molecule has 28 heavy (non-hydrogen) atoms. The van der Waals surface area contributed by atoms with Crippen molar-refractivity contribution in [2.45, 2.75) is 6.54 Å². The monoisotopic (exact) mass is 413 g/mol. The smallest absolute Gasteiger partial charge is 0.244 e. The molecule has 0 saturated carbocycles. The van der Waals surface area contributed by atoms with Crippen molar-refractivity contribution in [3.63, 3.8) is 0 Å². The minimum absolute atomic E-state index is 0.216. The van der Waals surface area contributed by atoms with Crippen LogP contribution in [0.1, 0.15) is 10.6 Å². The number of ether oxygens (including phenoxy) is 2. The Kier molecular flexibility index (Phi) is 5.55. The summed E-state index contributed by atoms with van der Waals surface area (Å²) in [6, 6.07) is 7.34. The van der Waals surface area contributed by atoms with E-state index in [2.05, 4.69) is 15.3 Å². The molecule has 0 unspecified atom stereocenters. The van der Waals surface area contributed by atoms with E-state index in [4.69, 9.17) is 21.1 Å². The highest BCUT2D eigenvalue weighted by Gasteiger charge is 2.16. The molecule has 1 aliphatic rings. The number of carbonyl (C=O) groups is 1. The standard InChI is InChI=1S/C20H16ClN3O3S/c21-15-9-13(10-17-20(15)27-8-7-26-17)1-2-18(25)23-11-19-24-16(12-28-19)14-3-5-22-6-4-14/h1-6,9-10,12H,7-8,11H2,(H,23,25)/b2-1+. The van der Waals surface area contributed by atoms with Crippen LogP contribution in [0.25, 0.3) is 17.3 Å². The number of nitrogens with zero attached hydrogens (tertiary/aromatic N) is 2. The van der Waals surface area contributed by atoms with Gasteiger partial charge in [0.2, 0.25) is 5.91 Å². The van der Waals surface area contributed by atoms with Crippen LogP contribution in [0.5, 0.6) is 11.5 Å². The fraction of sp³-hybridized carbons (Fsp3) is 0.150. The number of halogens is 1. The van der Waals surface area contributed by atoms with Crippen molar-refractivity contribution in [1.82, 2.24) is 15.3 Å². The van der Waals surface area contributed by atoms with Gasteiger partial charge in [0.05, 0.1) is 17.3 Å². The minimum Gasteiger partial charge on any atom is -0.486 e. The first kappa shape index (κ1) is 18.5. The lowest BCUT2D eigenvalue weighted by molar-refractivity contribution is -0.116. The van der Waals surface area contributed by atoms with Crippen LogP contribution in [0.15, 0.2) is 48.1 Å². The van der Waals surface area contributed by atoms with Gasteiger partial charge < -0.3 is 14.8 Å². The molecule has 3 heterocycles. The number of hydrogen-bond donors (Lipinski definition) is 1. The maximum Gasteiger partial charge on any atom is 0.244 e. The number of rotatable bonds is 5. The number of amides is 1. The third-order valence-corrected chi connectivity index (χ3v) is 5.12. The average molecular weight is 414 g/mol. The van der Waals surface area contributed by atoms with Gasteiger partial charge in [0.25, 0.3) is 0 Å². The van der Waals surface area contributed by atoms with Gasteiger partial charge in [0.15, 0.2) is 11.5 Å². The largest absolute Gasteiger partial charge is 0.486 e. The van der Waals surface area contributed by atoms with Crippen LogP contribution in [0.4, 0.5) is 0 Å². The Balaban J connectivity index is 1.36. The lowest BCUT2D eigenvalue weighted by atomic mass is 10.1. The van der Waals surface area contributed by atoms with E-state index in [1.54, 1.807) is 30.6 Å². The van der Waals surface area contributed by atoms with Crippen molar-refractivity contribution < 1.29 is 14.3 Å². The molecule has 6 nitrogen and oxygen atoms in total. The normalized spacial score (nSPS) is 12.9.